The molecule has 0 saturated carbocycles. The summed E-state index contributed by atoms with van der Waals surface area (Å²) in [6.45, 7) is 6.83. The van der Waals surface area contributed by atoms with Gasteiger partial charge in [0, 0.05) is 75.0 Å². The number of aliphatic imine (C=N–C) groups is 1. The number of hydrogen-bond donors (Lipinski definition) is 3. The van der Waals surface area contributed by atoms with Gasteiger partial charge in [-0.2, -0.15) is 0 Å². The van der Waals surface area contributed by atoms with Gasteiger partial charge in [0.05, 0.1) is 19.9 Å². The topological polar surface area (TPSA) is 124 Å². The molecule has 10 heteroatoms. The van der Waals surface area contributed by atoms with Crippen molar-refractivity contribution in [1.29, 1.82) is 0 Å². The summed E-state index contributed by atoms with van der Waals surface area (Å²) in [5.74, 6) is 1.75. The van der Waals surface area contributed by atoms with E-state index in [-0.39, 0.29) is 29.0 Å². The zero-order valence-electron chi connectivity index (χ0n) is 28.9. The number of para-hydroxylation sites is 2. The lowest BCUT2D eigenvalue weighted by molar-refractivity contribution is -0.132. The van der Waals surface area contributed by atoms with Gasteiger partial charge in [-0.25, -0.2) is 0 Å². The SMILES string of the molecule is CCN(Cc1ccccc1OC)C(=O)CCCCC=Nc1cc(O)c(NCCCCCC(=O)N(CC)Cc2ccccc2OC)cc1O. The molecule has 10 nitrogen and oxygen atoms in total. The quantitative estimate of drug-likeness (QED) is 0.0469. The molecule has 3 aromatic carbocycles. The van der Waals surface area contributed by atoms with Gasteiger partial charge in [0.15, 0.2) is 0 Å². The first-order chi connectivity index (χ1) is 23.3. The molecule has 0 unspecified atom stereocenters. The van der Waals surface area contributed by atoms with E-state index in [0.29, 0.717) is 57.7 Å². The first kappa shape index (κ1) is 37.7. The van der Waals surface area contributed by atoms with Crippen molar-refractivity contribution in [3.63, 3.8) is 0 Å². The maximum atomic E-state index is 12.8. The molecule has 0 fully saturated rings. The summed E-state index contributed by atoms with van der Waals surface area (Å²) >= 11 is 0. The highest BCUT2D eigenvalue weighted by atomic mass is 16.5. The number of amides is 2. The molecule has 0 heterocycles. The van der Waals surface area contributed by atoms with Crippen LogP contribution in [0.4, 0.5) is 11.4 Å². The molecule has 3 aromatic rings. The molecule has 3 N–H and O–H groups in total. The van der Waals surface area contributed by atoms with Gasteiger partial charge in [0.1, 0.15) is 28.7 Å². The van der Waals surface area contributed by atoms with E-state index >= 15 is 0 Å². The van der Waals surface area contributed by atoms with Crippen LogP contribution in [-0.2, 0) is 22.7 Å². The average molecular weight is 661 g/mol. The van der Waals surface area contributed by atoms with Gasteiger partial charge in [0.2, 0.25) is 11.8 Å². The maximum Gasteiger partial charge on any atom is 0.222 e. The smallest absolute Gasteiger partial charge is 0.222 e. The van der Waals surface area contributed by atoms with E-state index in [9.17, 15) is 19.8 Å². The second-order valence-corrected chi connectivity index (χ2v) is 11.6. The van der Waals surface area contributed by atoms with Crippen LogP contribution in [0.2, 0.25) is 0 Å². The number of hydrogen-bond acceptors (Lipinski definition) is 8. The van der Waals surface area contributed by atoms with Crippen molar-refractivity contribution in [3.05, 3.63) is 71.8 Å². The summed E-state index contributed by atoms with van der Waals surface area (Å²) in [6.07, 6.45) is 7.19. The Labute approximate surface area is 285 Å². The number of phenolic OH excluding ortho intramolecular Hbond substituents is 2. The molecule has 0 bridgehead atoms. The Bertz CT molecular complexity index is 1480. The van der Waals surface area contributed by atoms with Gasteiger partial charge >= 0.3 is 0 Å². The molecule has 2 amide bonds. The minimum Gasteiger partial charge on any atom is -0.506 e. The number of carbonyl (C=O) groups is 2. The maximum absolute atomic E-state index is 12.8. The first-order valence-electron chi connectivity index (χ1n) is 16.9. The predicted octanol–water partition coefficient (Wildman–Crippen LogP) is 7.45. The summed E-state index contributed by atoms with van der Waals surface area (Å²) in [4.78, 5) is 33.6. The number of anilines is 1. The Kier molecular flexibility index (Phi) is 16.1. The van der Waals surface area contributed by atoms with Gasteiger partial charge < -0.3 is 34.8 Å². The Morgan fingerprint density at radius 3 is 1.83 bits per heavy atom. The number of aromatic hydroxyl groups is 2. The average Bonchev–Trinajstić information content (AvgIpc) is 3.10. The van der Waals surface area contributed by atoms with Crippen LogP contribution in [0.3, 0.4) is 0 Å². The Balaban J connectivity index is 1.34. The summed E-state index contributed by atoms with van der Waals surface area (Å²) in [6, 6.07) is 18.4. The highest BCUT2D eigenvalue weighted by Gasteiger charge is 2.15. The number of benzene rings is 3. The molecular formula is C38H52N4O6. The van der Waals surface area contributed by atoms with E-state index in [1.165, 1.54) is 12.1 Å². The van der Waals surface area contributed by atoms with Crippen molar-refractivity contribution in [1.82, 2.24) is 9.80 Å². The van der Waals surface area contributed by atoms with E-state index in [1.807, 2.05) is 72.2 Å². The minimum absolute atomic E-state index is 0.00496. The van der Waals surface area contributed by atoms with Gasteiger partial charge in [-0.3, -0.25) is 14.6 Å². The van der Waals surface area contributed by atoms with E-state index in [0.717, 1.165) is 54.7 Å². The molecule has 0 saturated heterocycles. The lowest BCUT2D eigenvalue weighted by Gasteiger charge is -2.22. The number of carbonyl (C=O) groups excluding carboxylic acids is 2. The summed E-state index contributed by atoms with van der Waals surface area (Å²) in [7, 11) is 3.27. The molecule has 0 atom stereocenters. The van der Waals surface area contributed by atoms with E-state index < -0.39 is 0 Å². The molecule has 0 aliphatic rings. The molecule has 0 aliphatic carbocycles. The van der Waals surface area contributed by atoms with Crippen LogP contribution in [0, 0.1) is 0 Å². The van der Waals surface area contributed by atoms with Crippen LogP contribution in [0.1, 0.15) is 76.3 Å². The van der Waals surface area contributed by atoms with Crippen LogP contribution in [0.25, 0.3) is 0 Å². The van der Waals surface area contributed by atoms with Gasteiger partial charge in [-0.1, -0.05) is 42.8 Å². The first-order valence-corrected chi connectivity index (χ1v) is 16.9. The number of rotatable bonds is 21. The number of phenols is 2. The van der Waals surface area contributed by atoms with Gasteiger partial charge in [0.25, 0.3) is 0 Å². The van der Waals surface area contributed by atoms with Crippen LogP contribution < -0.4 is 14.8 Å². The second-order valence-electron chi connectivity index (χ2n) is 11.6. The molecule has 3 rings (SSSR count). The summed E-state index contributed by atoms with van der Waals surface area (Å²) < 4.78 is 10.8. The number of ether oxygens (including phenoxy) is 2. The molecule has 0 spiro atoms. The summed E-state index contributed by atoms with van der Waals surface area (Å²) in [5, 5.41) is 24.1. The number of nitrogens with zero attached hydrogens (tertiary/aromatic N) is 3. The van der Waals surface area contributed by atoms with E-state index in [2.05, 4.69) is 10.3 Å². The van der Waals surface area contributed by atoms with Crippen molar-refractivity contribution in [2.45, 2.75) is 78.3 Å². The minimum atomic E-state index is -0.0306. The standard InChI is InChI=1S/C38H52N4O6/c1-5-41(27-29-17-11-13-19-35(29)47-3)37(45)21-9-7-15-23-39-31-25-34(44)32(26-33(31)43)40-24-16-8-10-22-38(46)42(6-2)28-30-18-12-14-20-36(30)48-4/h11-14,17-20,23,25-26,40,43-44H,5-10,15-16,21-22,24,27-28H2,1-4H3. The highest BCUT2D eigenvalue weighted by molar-refractivity contribution is 5.77. The Morgan fingerprint density at radius 2 is 1.29 bits per heavy atom. The fourth-order valence-corrected chi connectivity index (χ4v) is 5.43. The lowest BCUT2D eigenvalue weighted by atomic mass is 10.1. The zero-order valence-corrected chi connectivity index (χ0v) is 28.9. The fraction of sp³-hybridized carbons (Fsp3) is 0.447. The number of methoxy groups -OCH3 is 2. The van der Waals surface area contributed by atoms with Crippen molar-refractivity contribution < 1.29 is 29.3 Å². The predicted molar refractivity (Wildman–Crippen MR) is 192 cm³/mol. The molecule has 0 aromatic heterocycles. The lowest BCUT2D eigenvalue weighted by Crippen LogP contribution is -2.30. The number of unbranched alkanes of at least 4 members (excludes halogenated alkanes) is 4. The molecule has 48 heavy (non-hydrogen) atoms. The van der Waals surface area contributed by atoms with E-state index in [1.54, 1.807) is 20.4 Å². The Hall–Kier alpha value is -4.73. The van der Waals surface area contributed by atoms with Crippen molar-refractivity contribution in [3.8, 4) is 23.0 Å². The normalized spacial score (nSPS) is 11.0. The molecule has 260 valence electrons. The van der Waals surface area contributed by atoms with Crippen molar-refractivity contribution >= 4 is 29.4 Å². The third-order valence-electron chi connectivity index (χ3n) is 8.26. The third-order valence-corrected chi connectivity index (χ3v) is 8.26. The van der Waals surface area contributed by atoms with Gasteiger partial charge in [-0.05, 0) is 58.1 Å². The second kappa shape index (κ2) is 20.5. The molecular weight excluding hydrogens is 608 g/mol. The van der Waals surface area contributed by atoms with Crippen molar-refractivity contribution in [2.24, 2.45) is 4.99 Å². The highest BCUT2D eigenvalue weighted by Crippen LogP contribution is 2.36. The van der Waals surface area contributed by atoms with E-state index in [4.69, 9.17) is 9.47 Å². The number of nitrogens with one attached hydrogen (secondary N) is 1. The van der Waals surface area contributed by atoms with Gasteiger partial charge in [-0.15, -0.1) is 0 Å². The largest absolute Gasteiger partial charge is 0.506 e. The molecule has 0 radical (unpaired) electrons. The third kappa shape index (κ3) is 11.8. The van der Waals surface area contributed by atoms with Crippen LogP contribution >= 0.6 is 0 Å². The molecule has 0 aliphatic heterocycles. The van der Waals surface area contributed by atoms with Crippen LogP contribution in [-0.4, -0.2) is 71.9 Å². The monoisotopic (exact) mass is 660 g/mol. The summed E-state index contributed by atoms with van der Waals surface area (Å²) in [5.41, 5.74) is 2.69. The van der Waals surface area contributed by atoms with Crippen LogP contribution in [0.15, 0.2) is 65.7 Å². The fourth-order valence-electron chi connectivity index (χ4n) is 5.43. The zero-order chi connectivity index (χ0) is 34.7. The van der Waals surface area contributed by atoms with Crippen molar-refractivity contribution in [2.75, 3.05) is 39.2 Å². The van der Waals surface area contributed by atoms with Crippen LogP contribution in [0.5, 0.6) is 23.0 Å². The Morgan fingerprint density at radius 1 is 0.750 bits per heavy atom.